The summed E-state index contributed by atoms with van der Waals surface area (Å²) in [6.45, 7) is 25.4. The zero-order valence-electron chi connectivity index (χ0n) is 28.7. The zero-order valence-corrected chi connectivity index (χ0v) is 28.7. The van der Waals surface area contributed by atoms with Gasteiger partial charge in [-0.15, -0.1) is 0 Å². The van der Waals surface area contributed by atoms with Crippen LogP contribution in [0, 0.1) is 5.41 Å². The van der Waals surface area contributed by atoms with Crippen molar-refractivity contribution in [2.45, 2.75) is 119 Å². The van der Waals surface area contributed by atoms with Gasteiger partial charge in [0.2, 0.25) is 11.3 Å². The number of hydrogen-bond donors (Lipinski definition) is 3. The molecule has 44 heavy (non-hydrogen) atoms. The maximum Gasteiger partial charge on any atom is 0.319 e. The normalized spacial score (nSPS) is 12.6. The van der Waals surface area contributed by atoms with E-state index < -0.39 is 11.6 Å². The molecule has 3 N–H and O–H groups in total. The van der Waals surface area contributed by atoms with Gasteiger partial charge in [0.05, 0.1) is 22.1 Å². The smallest absolute Gasteiger partial charge is 0.319 e. The number of carbonyl (C=O) groups is 3. The first kappa shape index (κ1) is 34.6. The molecule has 9 nitrogen and oxygen atoms in total. The highest BCUT2D eigenvalue weighted by Crippen LogP contribution is 2.35. The number of benzene rings is 2. The lowest BCUT2D eigenvalue weighted by molar-refractivity contribution is -0.114. The average molecular weight is 607 g/mol. The van der Waals surface area contributed by atoms with E-state index >= 15 is 0 Å². The molecule has 0 atom stereocenters. The molecular weight excluding hydrogens is 556 g/mol. The molecule has 0 saturated carbocycles. The Bertz CT molecular complexity index is 1640. The van der Waals surface area contributed by atoms with Gasteiger partial charge in [0.15, 0.2) is 11.2 Å². The van der Waals surface area contributed by atoms with Gasteiger partial charge in [-0.1, -0.05) is 41.5 Å². The molecule has 3 aromatic rings. The van der Waals surface area contributed by atoms with Gasteiger partial charge in [0, 0.05) is 30.1 Å². The summed E-state index contributed by atoms with van der Waals surface area (Å²) in [5.41, 5.74) is 0.667. The van der Waals surface area contributed by atoms with Crippen molar-refractivity contribution in [2.24, 2.45) is 5.41 Å². The van der Waals surface area contributed by atoms with E-state index in [0.29, 0.717) is 5.69 Å². The van der Waals surface area contributed by atoms with Gasteiger partial charge in [-0.3, -0.25) is 14.4 Å². The van der Waals surface area contributed by atoms with Gasteiger partial charge in [0.1, 0.15) is 0 Å². The van der Waals surface area contributed by atoms with Gasteiger partial charge >= 0.3 is 6.03 Å². The molecule has 3 rings (SSSR count). The first-order chi connectivity index (χ1) is 20.0. The topological polar surface area (TPSA) is 121 Å². The van der Waals surface area contributed by atoms with Crippen molar-refractivity contribution in [3.8, 4) is 0 Å². The summed E-state index contributed by atoms with van der Waals surface area (Å²) >= 11 is 0. The number of anilines is 2. The largest absolute Gasteiger partial charge is 0.451 e. The van der Waals surface area contributed by atoms with Crippen molar-refractivity contribution in [1.82, 2.24) is 10.2 Å². The van der Waals surface area contributed by atoms with E-state index in [4.69, 9.17) is 4.42 Å². The number of nitrogens with one attached hydrogen (secondary N) is 3. The molecule has 9 heteroatoms. The van der Waals surface area contributed by atoms with Crippen molar-refractivity contribution in [2.75, 3.05) is 10.6 Å². The number of fused-ring (bicyclic) bond motifs is 2. The minimum absolute atomic E-state index is 0.0109. The molecule has 1 aromatic heterocycles. The zero-order chi connectivity index (χ0) is 33.5. The predicted octanol–water partition coefficient (Wildman–Crippen LogP) is 7.80. The second-order valence-corrected chi connectivity index (χ2v) is 15.3. The van der Waals surface area contributed by atoms with Crippen LogP contribution in [0.1, 0.15) is 112 Å². The average Bonchev–Trinajstić information content (AvgIpc) is 2.81. The van der Waals surface area contributed by atoms with Gasteiger partial charge in [-0.2, -0.15) is 0 Å². The molecule has 4 amide bonds. The number of rotatable bonds is 7. The molecule has 240 valence electrons. The Hall–Kier alpha value is -3.88. The van der Waals surface area contributed by atoms with Crippen molar-refractivity contribution in [3.63, 3.8) is 0 Å². The number of carbonyl (C=O) groups excluding carboxylic acids is 3. The molecule has 2 aromatic carbocycles. The van der Waals surface area contributed by atoms with E-state index in [-0.39, 0.29) is 73.3 Å². The molecule has 0 bridgehead atoms. The third-order valence-corrected chi connectivity index (χ3v) is 7.31. The van der Waals surface area contributed by atoms with E-state index in [0.717, 1.165) is 12.0 Å². The van der Waals surface area contributed by atoms with E-state index in [1.165, 1.54) is 19.1 Å². The quantitative estimate of drug-likeness (QED) is 0.237. The molecule has 0 radical (unpaired) electrons. The second-order valence-electron chi connectivity index (χ2n) is 15.3. The number of nitrogens with zero attached hydrogens (tertiary/aromatic N) is 1. The maximum absolute atomic E-state index is 14.2. The lowest BCUT2D eigenvalue weighted by Gasteiger charge is -2.33. The summed E-state index contributed by atoms with van der Waals surface area (Å²) in [6, 6.07) is 6.05. The van der Waals surface area contributed by atoms with Gasteiger partial charge < -0.3 is 25.3 Å². The first-order valence-corrected chi connectivity index (χ1v) is 15.3. The van der Waals surface area contributed by atoms with E-state index in [2.05, 4.69) is 36.7 Å². The van der Waals surface area contributed by atoms with Crippen LogP contribution in [-0.4, -0.2) is 40.4 Å². The summed E-state index contributed by atoms with van der Waals surface area (Å²) in [5, 5.41) is 9.14. The highest BCUT2D eigenvalue weighted by Gasteiger charge is 2.29. The van der Waals surface area contributed by atoms with Gasteiger partial charge in [0.25, 0.3) is 5.91 Å². The fourth-order valence-corrected chi connectivity index (χ4v) is 6.04. The molecule has 0 fully saturated rings. The monoisotopic (exact) mass is 606 g/mol. The predicted molar refractivity (Wildman–Crippen MR) is 180 cm³/mol. The van der Waals surface area contributed by atoms with Crippen LogP contribution in [0.2, 0.25) is 0 Å². The molecule has 0 aliphatic carbocycles. The second kappa shape index (κ2) is 12.3. The molecular formula is C35H50N4O5. The molecule has 0 aliphatic heterocycles. The Morgan fingerprint density at radius 2 is 1.32 bits per heavy atom. The van der Waals surface area contributed by atoms with Crippen LogP contribution in [0.5, 0.6) is 0 Å². The third-order valence-electron chi connectivity index (χ3n) is 7.31. The molecule has 0 spiro atoms. The summed E-state index contributed by atoms with van der Waals surface area (Å²) in [6.07, 6.45) is 0.738. The molecule has 0 unspecified atom stereocenters. The molecule has 1 heterocycles. The van der Waals surface area contributed by atoms with Crippen LogP contribution in [-0.2, 0) is 10.2 Å². The van der Waals surface area contributed by atoms with Crippen LogP contribution in [0.25, 0.3) is 21.9 Å². The van der Waals surface area contributed by atoms with Crippen molar-refractivity contribution >= 4 is 51.2 Å². The number of hydrogen-bond acceptors (Lipinski definition) is 5. The lowest BCUT2D eigenvalue weighted by Crippen LogP contribution is -2.47. The maximum atomic E-state index is 14.2. The summed E-state index contributed by atoms with van der Waals surface area (Å²) in [4.78, 5) is 55.2. The SMILES string of the molecule is CC(=O)Nc1cc(C(=O)N(C(C)C)C(C)C)cc2c(=O)c3cc(C(C)(C)C)cc(NC(=O)NC(C)(C)CC(C)(C)C)c3oc12. The Balaban J connectivity index is 2.32. The minimum Gasteiger partial charge on any atom is -0.451 e. The highest BCUT2D eigenvalue weighted by atomic mass is 16.3. The van der Waals surface area contributed by atoms with Crippen molar-refractivity contribution < 1.29 is 18.8 Å². The number of urea groups is 1. The Kier molecular flexibility index (Phi) is 9.64. The summed E-state index contributed by atoms with van der Waals surface area (Å²) in [5.74, 6) is -0.645. The van der Waals surface area contributed by atoms with Gasteiger partial charge in [-0.25, -0.2) is 4.79 Å². The molecule has 0 saturated heterocycles. The Morgan fingerprint density at radius 1 is 0.795 bits per heavy atom. The van der Waals surface area contributed by atoms with Crippen LogP contribution >= 0.6 is 0 Å². The first-order valence-electron chi connectivity index (χ1n) is 15.3. The Labute approximate surface area is 261 Å². The third kappa shape index (κ3) is 7.98. The van der Waals surface area contributed by atoms with Crippen LogP contribution in [0.4, 0.5) is 16.2 Å². The van der Waals surface area contributed by atoms with Gasteiger partial charge in [-0.05, 0) is 88.6 Å². The summed E-state index contributed by atoms with van der Waals surface area (Å²) in [7, 11) is 0. The van der Waals surface area contributed by atoms with E-state index in [9.17, 15) is 19.2 Å². The van der Waals surface area contributed by atoms with E-state index in [1.807, 2.05) is 68.4 Å². The Morgan fingerprint density at radius 3 is 1.80 bits per heavy atom. The van der Waals surface area contributed by atoms with Crippen LogP contribution < -0.4 is 21.4 Å². The standard InChI is InChI=1S/C35H50N4O5/c1-19(2)39(20(3)4)31(42)22-14-24-28(41)25-16-23(34(9,10)11)17-27(30(25)44-29(24)26(15-22)36-21(5)40)37-32(43)38-35(12,13)18-33(6,7)8/h14-17,19-20H,18H2,1-13H3,(H,36,40)(H2,37,38,43). The highest BCUT2D eigenvalue weighted by molar-refractivity contribution is 6.08. The number of amides is 4. The summed E-state index contributed by atoms with van der Waals surface area (Å²) < 4.78 is 6.38. The minimum atomic E-state index is -0.505. The fraction of sp³-hybridized carbons (Fsp3) is 0.543. The fourth-order valence-electron chi connectivity index (χ4n) is 6.04. The lowest BCUT2D eigenvalue weighted by atomic mass is 9.82. The van der Waals surface area contributed by atoms with Crippen molar-refractivity contribution in [3.05, 3.63) is 45.6 Å². The van der Waals surface area contributed by atoms with Crippen LogP contribution in [0.3, 0.4) is 0 Å². The van der Waals surface area contributed by atoms with Crippen LogP contribution in [0.15, 0.2) is 33.5 Å². The molecule has 0 aliphatic rings. The van der Waals surface area contributed by atoms with E-state index in [1.54, 1.807) is 11.0 Å². The van der Waals surface area contributed by atoms with Crippen molar-refractivity contribution in [1.29, 1.82) is 0 Å².